The summed E-state index contributed by atoms with van der Waals surface area (Å²) in [5.41, 5.74) is 7.13. The van der Waals surface area contributed by atoms with Crippen LogP contribution >= 0.6 is 0 Å². The Morgan fingerprint density at radius 3 is 2.65 bits per heavy atom. The van der Waals surface area contributed by atoms with Crippen molar-refractivity contribution in [3.63, 3.8) is 0 Å². The highest BCUT2D eigenvalue weighted by Gasteiger charge is 2.30. The molecule has 110 valence electrons. The van der Waals surface area contributed by atoms with Crippen LogP contribution in [-0.4, -0.2) is 52.5 Å². The summed E-state index contributed by atoms with van der Waals surface area (Å²) in [6.07, 6.45) is 6.73. The van der Waals surface area contributed by atoms with Gasteiger partial charge in [-0.1, -0.05) is 0 Å². The van der Waals surface area contributed by atoms with Crippen molar-refractivity contribution in [2.24, 2.45) is 7.05 Å². The van der Waals surface area contributed by atoms with Crippen LogP contribution in [0.25, 0.3) is 0 Å². The lowest BCUT2D eigenvalue weighted by Gasteiger charge is -2.37. The van der Waals surface area contributed by atoms with Gasteiger partial charge in [0.1, 0.15) is 5.69 Å². The molecule has 0 saturated carbocycles. The van der Waals surface area contributed by atoms with Gasteiger partial charge < -0.3 is 15.2 Å². The van der Waals surface area contributed by atoms with Gasteiger partial charge in [0.05, 0.1) is 5.69 Å². The van der Waals surface area contributed by atoms with Crippen molar-refractivity contribution >= 4 is 11.6 Å². The van der Waals surface area contributed by atoms with Gasteiger partial charge in [-0.05, 0) is 44.8 Å². The predicted octanol–water partition coefficient (Wildman–Crippen LogP) is 1.31. The first-order chi connectivity index (χ1) is 9.65. The molecule has 3 rings (SSSR count). The van der Waals surface area contributed by atoms with Crippen molar-refractivity contribution in [1.29, 1.82) is 0 Å². The highest BCUT2D eigenvalue weighted by Crippen LogP contribution is 2.22. The molecule has 1 unspecified atom stereocenters. The molecule has 1 aromatic rings. The molecule has 1 aromatic heterocycles. The lowest BCUT2D eigenvalue weighted by atomic mass is 10.0. The molecule has 1 atom stereocenters. The Hall–Kier alpha value is -1.49. The Morgan fingerprint density at radius 1 is 1.25 bits per heavy atom. The molecule has 1 amide bonds. The van der Waals surface area contributed by atoms with E-state index in [1.807, 2.05) is 16.5 Å². The van der Waals surface area contributed by atoms with Gasteiger partial charge in [0, 0.05) is 32.4 Å². The largest absolute Gasteiger partial charge is 0.397 e. The van der Waals surface area contributed by atoms with Gasteiger partial charge >= 0.3 is 0 Å². The molecule has 0 aliphatic carbocycles. The second-order valence-electron chi connectivity index (χ2n) is 6.06. The van der Waals surface area contributed by atoms with Crippen molar-refractivity contribution < 1.29 is 4.79 Å². The number of piperidine rings is 1. The van der Waals surface area contributed by atoms with Crippen LogP contribution in [0.3, 0.4) is 0 Å². The minimum Gasteiger partial charge on any atom is -0.397 e. The number of nitrogen functional groups attached to an aromatic ring is 1. The van der Waals surface area contributed by atoms with Gasteiger partial charge in [-0.15, -0.1) is 0 Å². The highest BCUT2D eigenvalue weighted by molar-refractivity contribution is 5.93. The molecule has 0 radical (unpaired) electrons. The van der Waals surface area contributed by atoms with Crippen molar-refractivity contribution in [2.75, 3.05) is 31.9 Å². The second kappa shape index (κ2) is 5.48. The zero-order chi connectivity index (χ0) is 14.1. The van der Waals surface area contributed by atoms with Crippen LogP contribution in [0.15, 0.2) is 12.3 Å². The Bertz CT molecular complexity index is 490. The van der Waals surface area contributed by atoms with E-state index < -0.39 is 0 Å². The number of amides is 1. The summed E-state index contributed by atoms with van der Waals surface area (Å²) in [5, 5.41) is 0. The van der Waals surface area contributed by atoms with Crippen molar-refractivity contribution in [3.05, 3.63) is 18.0 Å². The second-order valence-corrected chi connectivity index (χ2v) is 6.06. The summed E-state index contributed by atoms with van der Waals surface area (Å²) in [4.78, 5) is 17.2. The topological polar surface area (TPSA) is 54.5 Å². The Labute approximate surface area is 120 Å². The van der Waals surface area contributed by atoms with Crippen LogP contribution in [-0.2, 0) is 7.05 Å². The molecular formula is C15H24N4O. The maximum Gasteiger partial charge on any atom is 0.270 e. The number of carbonyl (C=O) groups is 1. The summed E-state index contributed by atoms with van der Waals surface area (Å²) in [6.45, 7) is 4.13. The number of rotatable bonds is 2. The van der Waals surface area contributed by atoms with Crippen molar-refractivity contribution in [3.8, 4) is 0 Å². The predicted molar refractivity (Wildman–Crippen MR) is 79.6 cm³/mol. The maximum atomic E-state index is 12.6. The van der Waals surface area contributed by atoms with Gasteiger partial charge in [0.15, 0.2) is 0 Å². The molecule has 2 fully saturated rings. The standard InChI is InChI=1S/C15H24N4O/c1-17-10-12(16)9-14(17)15(20)19-8-4-5-13(11-19)18-6-2-3-7-18/h9-10,13H,2-8,11,16H2,1H3. The molecule has 5 nitrogen and oxygen atoms in total. The lowest BCUT2D eigenvalue weighted by molar-refractivity contribution is 0.0599. The first-order valence-electron chi connectivity index (χ1n) is 7.60. The zero-order valence-electron chi connectivity index (χ0n) is 12.2. The summed E-state index contributed by atoms with van der Waals surface area (Å²) < 4.78 is 1.83. The third-order valence-electron chi connectivity index (χ3n) is 4.59. The lowest BCUT2D eigenvalue weighted by Crippen LogP contribution is -2.49. The number of anilines is 1. The van der Waals surface area contributed by atoms with Gasteiger partial charge in [-0.25, -0.2) is 0 Å². The fourth-order valence-electron chi connectivity index (χ4n) is 3.51. The number of nitrogens with zero attached hydrogens (tertiary/aromatic N) is 3. The van der Waals surface area contributed by atoms with Crippen molar-refractivity contribution in [2.45, 2.75) is 31.7 Å². The maximum absolute atomic E-state index is 12.6. The van der Waals surface area contributed by atoms with E-state index in [0.717, 1.165) is 19.5 Å². The monoisotopic (exact) mass is 276 g/mol. The molecule has 2 N–H and O–H groups in total. The number of nitrogens with two attached hydrogens (primary N) is 1. The van der Waals surface area contributed by atoms with E-state index in [0.29, 0.717) is 17.4 Å². The molecule has 0 aromatic carbocycles. The van der Waals surface area contributed by atoms with E-state index in [-0.39, 0.29) is 5.91 Å². The smallest absolute Gasteiger partial charge is 0.270 e. The minimum atomic E-state index is 0.119. The fraction of sp³-hybridized carbons (Fsp3) is 0.667. The molecule has 2 saturated heterocycles. The molecule has 20 heavy (non-hydrogen) atoms. The van der Waals surface area contributed by atoms with Crippen LogP contribution in [0.5, 0.6) is 0 Å². The van der Waals surface area contributed by atoms with Crippen molar-refractivity contribution in [1.82, 2.24) is 14.4 Å². The quantitative estimate of drug-likeness (QED) is 0.886. The van der Waals surface area contributed by atoms with E-state index in [1.54, 1.807) is 12.3 Å². The Morgan fingerprint density at radius 2 is 2.00 bits per heavy atom. The third kappa shape index (κ3) is 2.54. The number of carbonyl (C=O) groups excluding carboxylic acids is 1. The molecule has 2 aliphatic rings. The zero-order valence-corrected chi connectivity index (χ0v) is 12.2. The number of likely N-dealkylation sites (tertiary alicyclic amines) is 2. The van der Waals surface area contributed by atoms with Crippen LogP contribution < -0.4 is 5.73 Å². The molecule has 3 heterocycles. The molecule has 0 bridgehead atoms. The van der Waals surface area contributed by atoms with E-state index in [2.05, 4.69) is 4.90 Å². The van der Waals surface area contributed by atoms with Crippen LogP contribution in [0, 0.1) is 0 Å². The minimum absolute atomic E-state index is 0.119. The number of aryl methyl sites for hydroxylation is 1. The first kappa shape index (κ1) is 13.5. The summed E-state index contributed by atoms with van der Waals surface area (Å²) >= 11 is 0. The summed E-state index contributed by atoms with van der Waals surface area (Å²) in [6, 6.07) is 2.33. The fourth-order valence-corrected chi connectivity index (χ4v) is 3.51. The van der Waals surface area contributed by atoms with Crippen LogP contribution in [0.2, 0.25) is 0 Å². The van der Waals surface area contributed by atoms with Gasteiger partial charge in [-0.2, -0.15) is 0 Å². The van der Waals surface area contributed by atoms with Crippen LogP contribution in [0.4, 0.5) is 5.69 Å². The van der Waals surface area contributed by atoms with E-state index in [9.17, 15) is 4.79 Å². The van der Waals surface area contributed by atoms with E-state index >= 15 is 0 Å². The SMILES string of the molecule is Cn1cc(N)cc1C(=O)N1CCCC(N2CCCC2)C1. The summed E-state index contributed by atoms with van der Waals surface area (Å²) in [5.74, 6) is 0.119. The number of hydrogen-bond donors (Lipinski definition) is 1. The first-order valence-corrected chi connectivity index (χ1v) is 7.60. The Kier molecular flexibility index (Phi) is 3.70. The Balaban J connectivity index is 1.70. The normalized spacial score (nSPS) is 24.2. The van der Waals surface area contributed by atoms with Gasteiger partial charge in [0.25, 0.3) is 5.91 Å². The molecule has 5 heteroatoms. The molecule has 0 spiro atoms. The average Bonchev–Trinajstić information content (AvgIpc) is 3.08. The third-order valence-corrected chi connectivity index (χ3v) is 4.59. The van der Waals surface area contributed by atoms with E-state index in [4.69, 9.17) is 5.73 Å². The summed E-state index contributed by atoms with van der Waals surface area (Å²) in [7, 11) is 1.88. The number of aromatic nitrogens is 1. The van der Waals surface area contributed by atoms with Gasteiger partial charge in [0.2, 0.25) is 0 Å². The highest BCUT2D eigenvalue weighted by atomic mass is 16.2. The van der Waals surface area contributed by atoms with E-state index in [1.165, 1.54) is 32.4 Å². The average molecular weight is 276 g/mol. The molecule has 2 aliphatic heterocycles. The van der Waals surface area contributed by atoms with Crippen LogP contribution in [0.1, 0.15) is 36.2 Å². The molecular weight excluding hydrogens is 252 g/mol. The van der Waals surface area contributed by atoms with Gasteiger partial charge in [-0.3, -0.25) is 9.69 Å². The number of hydrogen-bond acceptors (Lipinski definition) is 3.